The van der Waals surface area contributed by atoms with Crippen molar-refractivity contribution in [2.45, 2.75) is 31.2 Å². The Morgan fingerprint density at radius 1 is 1.22 bits per heavy atom. The van der Waals surface area contributed by atoms with Crippen LogP contribution in [0.15, 0.2) is 18.2 Å². The second kappa shape index (κ2) is 4.81. The monoisotopic (exact) mass is 247 g/mol. The smallest absolute Gasteiger partial charge is 0.122 e. The molecule has 3 nitrogen and oxygen atoms in total. The van der Waals surface area contributed by atoms with Gasteiger partial charge in [0.2, 0.25) is 0 Å². The van der Waals surface area contributed by atoms with Crippen molar-refractivity contribution in [1.29, 1.82) is 0 Å². The standard InChI is InChI=1S/C15H21NO2/c1-17-12-5-6-15(18-2)14(8-12)13-7-10(13)9-16-11-3-4-11/h5-6,8,10-11,13,16H,3-4,7,9H2,1-2H3. The van der Waals surface area contributed by atoms with Gasteiger partial charge >= 0.3 is 0 Å². The third-order valence-electron chi connectivity index (χ3n) is 4.00. The maximum absolute atomic E-state index is 5.46. The highest BCUT2D eigenvalue weighted by Crippen LogP contribution is 2.51. The normalized spacial score (nSPS) is 25.9. The number of hydrogen-bond acceptors (Lipinski definition) is 3. The number of rotatable bonds is 6. The summed E-state index contributed by atoms with van der Waals surface area (Å²) < 4.78 is 10.8. The van der Waals surface area contributed by atoms with Gasteiger partial charge in [-0.05, 0) is 55.8 Å². The average Bonchev–Trinajstić information content (AvgIpc) is 3.28. The molecule has 2 saturated carbocycles. The number of benzene rings is 1. The van der Waals surface area contributed by atoms with Crippen molar-refractivity contribution in [3.63, 3.8) is 0 Å². The third-order valence-corrected chi connectivity index (χ3v) is 4.00. The van der Waals surface area contributed by atoms with E-state index < -0.39 is 0 Å². The van der Waals surface area contributed by atoms with Crippen molar-refractivity contribution in [2.24, 2.45) is 5.92 Å². The molecule has 3 rings (SSSR count). The first-order valence-corrected chi connectivity index (χ1v) is 6.77. The molecule has 0 bridgehead atoms. The summed E-state index contributed by atoms with van der Waals surface area (Å²) in [5.41, 5.74) is 1.31. The van der Waals surface area contributed by atoms with Crippen molar-refractivity contribution >= 4 is 0 Å². The van der Waals surface area contributed by atoms with E-state index in [4.69, 9.17) is 9.47 Å². The van der Waals surface area contributed by atoms with Gasteiger partial charge in [0.15, 0.2) is 0 Å². The Labute approximate surface area is 108 Å². The SMILES string of the molecule is COc1ccc(OC)c(C2CC2CNC2CC2)c1. The fourth-order valence-electron chi connectivity index (χ4n) is 2.59. The van der Waals surface area contributed by atoms with Crippen LogP contribution in [-0.4, -0.2) is 26.8 Å². The Bertz CT molecular complexity index is 429. The van der Waals surface area contributed by atoms with Gasteiger partial charge < -0.3 is 14.8 Å². The maximum Gasteiger partial charge on any atom is 0.122 e. The van der Waals surface area contributed by atoms with E-state index in [1.165, 1.54) is 24.8 Å². The number of methoxy groups -OCH3 is 2. The summed E-state index contributed by atoms with van der Waals surface area (Å²) in [6.45, 7) is 1.15. The molecule has 0 amide bonds. The van der Waals surface area contributed by atoms with Crippen LogP contribution in [-0.2, 0) is 0 Å². The summed E-state index contributed by atoms with van der Waals surface area (Å²) in [6.07, 6.45) is 3.99. The first-order valence-electron chi connectivity index (χ1n) is 6.77. The Kier molecular flexibility index (Phi) is 3.16. The lowest BCUT2D eigenvalue weighted by molar-refractivity contribution is 0.398. The van der Waals surface area contributed by atoms with Gasteiger partial charge in [0.25, 0.3) is 0 Å². The minimum Gasteiger partial charge on any atom is -0.497 e. The molecule has 2 aliphatic carbocycles. The van der Waals surface area contributed by atoms with E-state index in [0.717, 1.165) is 30.0 Å². The molecule has 0 saturated heterocycles. The Balaban J connectivity index is 1.67. The second-order valence-corrected chi connectivity index (χ2v) is 5.39. The van der Waals surface area contributed by atoms with Crippen LogP contribution in [0.5, 0.6) is 11.5 Å². The van der Waals surface area contributed by atoms with Crippen molar-refractivity contribution in [1.82, 2.24) is 5.32 Å². The molecule has 18 heavy (non-hydrogen) atoms. The minimum atomic E-state index is 0.640. The topological polar surface area (TPSA) is 30.5 Å². The van der Waals surface area contributed by atoms with E-state index in [9.17, 15) is 0 Å². The van der Waals surface area contributed by atoms with Crippen molar-refractivity contribution in [3.8, 4) is 11.5 Å². The van der Waals surface area contributed by atoms with Gasteiger partial charge in [-0.15, -0.1) is 0 Å². The largest absolute Gasteiger partial charge is 0.497 e. The van der Waals surface area contributed by atoms with E-state index in [1.807, 2.05) is 12.1 Å². The molecule has 1 aromatic carbocycles. The van der Waals surface area contributed by atoms with Crippen molar-refractivity contribution in [2.75, 3.05) is 20.8 Å². The molecule has 2 atom stereocenters. The summed E-state index contributed by atoms with van der Waals surface area (Å²) in [5, 5.41) is 3.61. The van der Waals surface area contributed by atoms with Crippen LogP contribution >= 0.6 is 0 Å². The van der Waals surface area contributed by atoms with Crippen LogP contribution in [0.3, 0.4) is 0 Å². The third kappa shape index (κ3) is 2.46. The van der Waals surface area contributed by atoms with E-state index in [1.54, 1.807) is 14.2 Å². The lowest BCUT2D eigenvalue weighted by Gasteiger charge is -2.10. The van der Waals surface area contributed by atoms with Crippen LogP contribution in [0.2, 0.25) is 0 Å². The quantitative estimate of drug-likeness (QED) is 0.838. The lowest BCUT2D eigenvalue weighted by atomic mass is 10.1. The fraction of sp³-hybridized carbons (Fsp3) is 0.600. The van der Waals surface area contributed by atoms with Gasteiger partial charge in [0, 0.05) is 11.6 Å². The van der Waals surface area contributed by atoms with Gasteiger partial charge in [-0.1, -0.05) is 0 Å². The number of nitrogens with one attached hydrogen (secondary N) is 1. The van der Waals surface area contributed by atoms with Crippen LogP contribution in [0.25, 0.3) is 0 Å². The Morgan fingerprint density at radius 3 is 2.72 bits per heavy atom. The van der Waals surface area contributed by atoms with Crippen molar-refractivity contribution in [3.05, 3.63) is 23.8 Å². The average molecular weight is 247 g/mol. The van der Waals surface area contributed by atoms with Gasteiger partial charge in [-0.3, -0.25) is 0 Å². The summed E-state index contributed by atoms with van der Waals surface area (Å²) in [6, 6.07) is 6.90. The molecule has 1 N–H and O–H groups in total. The lowest BCUT2D eigenvalue weighted by Crippen LogP contribution is -2.19. The molecule has 98 valence electrons. The van der Waals surface area contributed by atoms with E-state index in [-0.39, 0.29) is 0 Å². The maximum atomic E-state index is 5.46. The molecule has 2 fully saturated rings. The summed E-state index contributed by atoms with van der Waals surface area (Å²) in [7, 11) is 3.45. The molecule has 0 aliphatic heterocycles. The highest BCUT2D eigenvalue weighted by Gasteiger charge is 2.40. The molecule has 0 aromatic heterocycles. The zero-order valence-electron chi connectivity index (χ0n) is 11.1. The van der Waals surface area contributed by atoms with Gasteiger partial charge in [0.1, 0.15) is 11.5 Å². The summed E-state index contributed by atoms with van der Waals surface area (Å²) >= 11 is 0. The van der Waals surface area contributed by atoms with E-state index in [2.05, 4.69) is 11.4 Å². The Morgan fingerprint density at radius 2 is 2.06 bits per heavy atom. The first kappa shape index (κ1) is 11.8. The highest BCUT2D eigenvalue weighted by atomic mass is 16.5. The number of ether oxygens (including phenoxy) is 2. The van der Waals surface area contributed by atoms with Gasteiger partial charge in [0.05, 0.1) is 14.2 Å². The van der Waals surface area contributed by atoms with Crippen LogP contribution < -0.4 is 14.8 Å². The van der Waals surface area contributed by atoms with Crippen LogP contribution in [0, 0.1) is 5.92 Å². The minimum absolute atomic E-state index is 0.640. The van der Waals surface area contributed by atoms with Crippen LogP contribution in [0.4, 0.5) is 0 Å². The number of hydrogen-bond donors (Lipinski definition) is 1. The molecule has 1 aromatic rings. The molecule has 0 heterocycles. The first-order chi connectivity index (χ1) is 8.81. The molecule has 3 heteroatoms. The van der Waals surface area contributed by atoms with E-state index in [0.29, 0.717) is 5.92 Å². The molecule has 2 aliphatic rings. The fourth-order valence-corrected chi connectivity index (χ4v) is 2.59. The molecule has 0 spiro atoms. The predicted octanol–water partition coefficient (Wildman–Crippen LogP) is 2.56. The Hall–Kier alpha value is -1.22. The summed E-state index contributed by atoms with van der Waals surface area (Å²) in [5.74, 6) is 3.33. The predicted molar refractivity (Wildman–Crippen MR) is 71.4 cm³/mol. The molecular formula is C15H21NO2. The molecule has 0 radical (unpaired) electrons. The second-order valence-electron chi connectivity index (χ2n) is 5.39. The highest BCUT2D eigenvalue weighted by molar-refractivity contribution is 5.45. The van der Waals surface area contributed by atoms with Gasteiger partial charge in [-0.2, -0.15) is 0 Å². The zero-order valence-corrected chi connectivity index (χ0v) is 11.1. The van der Waals surface area contributed by atoms with E-state index >= 15 is 0 Å². The summed E-state index contributed by atoms with van der Waals surface area (Å²) in [4.78, 5) is 0. The zero-order chi connectivity index (χ0) is 12.5. The van der Waals surface area contributed by atoms with Gasteiger partial charge in [-0.25, -0.2) is 0 Å². The van der Waals surface area contributed by atoms with Crippen LogP contribution in [0.1, 0.15) is 30.7 Å². The van der Waals surface area contributed by atoms with Crippen molar-refractivity contribution < 1.29 is 9.47 Å². The molecular weight excluding hydrogens is 226 g/mol. The molecule has 2 unspecified atom stereocenters.